The quantitative estimate of drug-likeness (QED) is 0.506. The molecular weight excluding hydrogens is 390 g/mol. The van der Waals surface area contributed by atoms with Crippen molar-refractivity contribution >= 4 is 24.5 Å². The lowest BCUT2D eigenvalue weighted by Gasteiger charge is -2.43. The number of hydrogen-bond acceptors (Lipinski definition) is 4. The van der Waals surface area contributed by atoms with E-state index in [-0.39, 0.29) is 23.5 Å². The Balaban J connectivity index is 1.81. The van der Waals surface area contributed by atoms with Gasteiger partial charge in [0.1, 0.15) is 0 Å². The van der Waals surface area contributed by atoms with Gasteiger partial charge in [-0.3, -0.25) is 4.79 Å². The van der Waals surface area contributed by atoms with E-state index in [9.17, 15) is 9.90 Å². The summed E-state index contributed by atoms with van der Waals surface area (Å²) in [6, 6.07) is 21.1. The third kappa shape index (κ3) is 4.91. The normalized spacial score (nSPS) is 17.4. The number of benzene rings is 2. The minimum absolute atomic E-state index is 0.0261. The van der Waals surface area contributed by atoms with E-state index in [2.05, 4.69) is 74.6 Å². The van der Waals surface area contributed by atoms with E-state index in [1.807, 2.05) is 12.1 Å². The van der Waals surface area contributed by atoms with Gasteiger partial charge in [0.2, 0.25) is 0 Å². The monoisotopic (exact) mass is 423 g/mol. The number of hydrogen-bond donors (Lipinski definition) is 2. The molecule has 2 aromatic carbocycles. The summed E-state index contributed by atoms with van der Waals surface area (Å²) in [6.07, 6.45) is 3.59. The second-order valence-corrected chi connectivity index (χ2v) is 13.3. The van der Waals surface area contributed by atoms with Crippen molar-refractivity contribution in [1.29, 1.82) is 0 Å². The summed E-state index contributed by atoms with van der Waals surface area (Å²) < 4.78 is 6.89. The molecule has 0 unspecified atom stereocenters. The maximum atomic E-state index is 11.9. The second kappa shape index (κ2) is 9.73. The van der Waals surface area contributed by atoms with Crippen molar-refractivity contribution in [2.24, 2.45) is 0 Å². The van der Waals surface area contributed by atoms with Gasteiger partial charge in [-0.1, -0.05) is 81.4 Å². The van der Waals surface area contributed by atoms with Gasteiger partial charge in [-0.05, 0) is 28.3 Å². The number of nitrogens with one attached hydrogen (secondary N) is 1. The molecule has 0 aliphatic carbocycles. The lowest BCUT2D eigenvalue weighted by molar-refractivity contribution is -0.115. The van der Waals surface area contributed by atoms with Crippen LogP contribution in [0.2, 0.25) is 5.04 Å². The van der Waals surface area contributed by atoms with E-state index in [0.29, 0.717) is 13.0 Å². The number of ketones is 1. The molecule has 1 heterocycles. The highest BCUT2D eigenvalue weighted by molar-refractivity contribution is 6.99. The lowest BCUT2D eigenvalue weighted by Crippen LogP contribution is -2.66. The largest absolute Gasteiger partial charge is 0.407 e. The fourth-order valence-corrected chi connectivity index (χ4v) is 8.96. The Morgan fingerprint density at radius 2 is 1.60 bits per heavy atom. The van der Waals surface area contributed by atoms with Gasteiger partial charge < -0.3 is 14.8 Å². The fourth-order valence-electron chi connectivity index (χ4n) is 4.35. The fraction of sp³-hybridized carbons (Fsp3) is 0.400. The Bertz CT molecular complexity index is 819. The zero-order chi connectivity index (χ0) is 21.6. The standard InChI is InChI=1S/C25H33NO3Si/c1-25(2,3)30(23-12-6-4-7-13-23,24-14-8-5-9-15-24)29-16-10-11-20-17-22(28)18-21(19-27)26-20/h4-9,12-15,17,21,26-27H,10-11,16,18-19H2,1-3H3/t21-/m1/s1. The molecule has 0 saturated heterocycles. The van der Waals surface area contributed by atoms with Crippen molar-refractivity contribution in [3.05, 3.63) is 72.4 Å². The number of aliphatic hydroxyl groups is 1. The van der Waals surface area contributed by atoms with Crippen LogP contribution in [0.5, 0.6) is 0 Å². The molecule has 2 aromatic rings. The van der Waals surface area contributed by atoms with Gasteiger partial charge in [-0.15, -0.1) is 0 Å². The van der Waals surface area contributed by atoms with Gasteiger partial charge in [-0.2, -0.15) is 0 Å². The van der Waals surface area contributed by atoms with E-state index in [1.54, 1.807) is 6.08 Å². The molecule has 0 amide bonds. The third-order valence-electron chi connectivity index (χ3n) is 5.72. The Kier molecular flexibility index (Phi) is 7.29. The van der Waals surface area contributed by atoms with E-state index >= 15 is 0 Å². The molecule has 30 heavy (non-hydrogen) atoms. The molecular formula is C25H33NO3Si. The van der Waals surface area contributed by atoms with Crippen molar-refractivity contribution in [2.45, 2.75) is 51.1 Å². The van der Waals surface area contributed by atoms with Gasteiger partial charge in [0.05, 0.1) is 12.6 Å². The minimum atomic E-state index is -2.52. The van der Waals surface area contributed by atoms with Crippen LogP contribution in [0.1, 0.15) is 40.0 Å². The average molecular weight is 424 g/mol. The van der Waals surface area contributed by atoms with Gasteiger partial charge in [0, 0.05) is 24.8 Å². The molecule has 0 saturated carbocycles. The van der Waals surface area contributed by atoms with Crippen molar-refractivity contribution in [2.75, 3.05) is 13.2 Å². The molecule has 2 N–H and O–H groups in total. The molecule has 0 radical (unpaired) electrons. The lowest BCUT2D eigenvalue weighted by atomic mass is 10.0. The first-order chi connectivity index (χ1) is 14.4. The Hall–Kier alpha value is -2.21. The Morgan fingerprint density at radius 3 is 2.10 bits per heavy atom. The highest BCUT2D eigenvalue weighted by atomic mass is 28.4. The predicted octanol–water partition coefficient (Wildman–Crippen LogP) is 3.15. The van der Waals surface area contributed by atoms with Crippen LogP contribution in [0.25, 0.3) is 0 Å². The summed E-state index contributed by atoms with van der Waals surface area (Å²) >= 11 is 0. The van der Waals surface area contributed by atoms with Crippen LogP contribution in [0.4, 0.5) is 0 Å². The molecule has 1 atom stereocenters. The molecule has 0 bridgehead atoms. The molecule has 5 heteroatoms. The molecule has 4 nitrogen and oxygen atoms in total. The molecule has 1 aliphatic heterocycles. The summed E-state index contributed by atoms with van der Waals surface area (Å²) in [5.41, 5.74) is 0.899. The maximum Gasteiger partial charge on any atom is 0.261 e. The van der Waals surface area contributed by atoms with Crippen LogP contribution in [-0.2, 0) is 9.22 Å². The van der Waals surface area contributed by atoms with Crippen molar-refractivity contribution in [3.8, 4) is 0 Å². The van der Waals surface area contributed by atoms with Gasteiger partial charge in [0.15, 0.2) is 5.78 Å². The van der Waals surface area contributed by atoms with E-state index < -0.39 is 8.32 Å². The van der Waals surface area contributed by atoms with Crippen molar-refractivity contribution < 1.29 is 14.3 Å². The molecule has 160 valence electrons. The number of allylic oxidation sites excluding steroid dienone is 2. The maximum absolute atomic E-state index is 11.9. The molecule has 3 rings (SSSR count). The average Bonchev–Trinajstić information content (AvgIpc) is 2.74. The summed E-state index contributed by atoms with van der Waals surface area (Å²) in [6.45, 7) is 7.41. The second-order valence-electron chi connectivity index (χ2n) is 8.98. The summed E-state index contributed by atoms with van der Waals surface area (Å²) in [7, 11) is -2.52. The van der Waals surface area contributed by atoms with Crippen molar-refractivity contribution in [3.63, 3.8) is 0 Å². The van der Waals surface area contributed by atoms with Gasteiger partial charge >= 0.3 is 0 Å². The smallest absolute Gasteiger partial charge is 0.261 e. The van der Waals surface area contributed by atoms with E-state index in [0.717, 1.165) is 18.5 Å². The first-order valence-corrected chi connectivity index (χ1v) is 12.6. The summed E-state index contributed by atoms with van der Waals surface area (Å²) in [5, 5.41) is 15.2. The van der Waals surface area contributed by atoms with Crippen LogP contribution in [0, 0.1) is 0 Å². The molecule has 1 aliphatic rings. The highest BCUT2D eigenvalue weighted by Gasteiger charge is 2.49. The van der Waals surface area contributed by atoms with Gasteiger partial charge in [-0.25, -0.2) is 0 Å². The summed E-state index contributed by atoms with van der Waals surface area (Å²) in [4.78, 5) is 11.9. The minimum Gasteiger partial charge on any atom is -0.407 e. The van der Waals surface area contributed by atoms with E-state index in [1.165, 1.54) is 10.4 Å². The number of carbonyl (C=O) groups excluding carboxylic acids is 1. The number of aliphatic hydroxyl groups excluding tert-OH is 1. The highest BCUT2D eigenvalue weighted by Crippen LogP contribution is 2.36. The molecule has 0 aromatic heterocycles. The predicted molar refractivity (Wildman–Crippen MR) is 125 cm³/mol. The van der Waals surface area contributed by atoms with Gasteiger partial charge in [0.25, 0.3) is 8.32 Å². The Morgan fingerprint density at radius 1 is 1.03 bits per heavy atom. The van der Waals surface area contributed by atoms with Crippen LogP contribution >= 0.6 is 0 Å². The topological polar surface area (TPSA) is 58.6 Å². The SMILES string of the molecule is CC(C)(C)[Si](OCCCC1=CC(=O)C[C@H](CO)N1)(c1ccccc1)c1ccccc1. The molecule has 0 spiro atoms. The van der Waals surface area contributed by atoms with Crippen LogP contribution in [0.15, 0.2) is 72.4 Å². The van der Waals surface area contributed by atoms with Crippen LogP contribution in [0.3, 0.4) is 0 Å². The number of carbonyl (C=O) groups is 1. The summed E-state index contributed by atoms with van der Waals surface area (Å²) in [5.74, 6) is 0.0794. The molecule has 0 fully saturated rings. The van der Waals surface area contributed by atoms with Crippen molar-refractivity contribution in [1.82, 2.24) is 5.32 Å². The third-order valence-corrected chi connectivity index (χ3v) is 10.8. The first kappa shape index (κ1) is 22.5. The Labute approximate surface area is 181 Å². The van der Waals surface area contributed by atoms with Crippen LogP contribution < -0.4 is 15.7 Å². The van der Waals surface area contributed by atoms with E-state index in [4.69, 9.17) is 4.43 Å². The zero-order valence-corrected chi connectivity index (χ0v) is 19.2. The first-order valence-electron chi connectivity index (χ1n) is 10.7. The number of rotatable bonds is 8. The van der Waals surface area contributed by atoms with Crippen LogP contribution in [-0.4, -0.2) is 38.5 Å². The zero-order valence-electron chi connectivity index (χ0n) is 18.2.